The van der Waals surface area contributed by atoms with Crippen molar-refractivity contribution in [2.45, 2.75) is 39.2 Å². The van der Waals surface area contributed by atoms with Gasteiger partial charge < -0.3 is 15.1 Å². The number of halogens is 1. The SMILES string of the molecule is CC(C)(C)NC(=O)CNC(=O)CCc1ccc(-c2ccccc2F)o1. The van der Waals surface area contributed by atoms with E-state index in [1.165, 1.54) is 6.07 Å². The highest BCUT2D eigenvalue weighted by Crippen LogP contribution is 2.25. The molecule has 0 aliphatic rings. The third kappa shape index (κ3) is 6.06. The normalized spacial score (nSPS) is 11.2. The Labute approximate surface area is 146 Å². The average Bonchev–Trinajstić information content (AvgIpc) is 2.98. The van der Waals surface area contributed by atoms with Crippen molar-refractivity contribution in [2.24, 2.45) is 0 Å². The van der Waals surface area contributed by atoms with Crippen LogP contribution in [0.5, 0.6) is 0 Å². The van der Waals surface area contributed by atoms with Crippen molar-refractivity contribution in [3.05, 3.63) is 48.0 Å². The summed E-state index contributed by atoms with van der Waals surface area (Å²) in [6.07, 6.45) is 0.564. The molecule has 5 nitrogen and oxygen atoms in total. The van der Waals surface area contributed by atoms with Crippen LogP contribution in [0.4, 0.5) is 4.39 Å². The Morgan fingerprint density at radius 2 is 1.80 bits per heavy atom. The van der Waals surface area contributed by atoms with Crippen LogP contribution in [0.3, 0.4) is 0 Å². The maximum absolute atomic E-state index is 13.7. The molecule has 0 saturated heterocycles. The monoisotopic (exact) mass is 346 g/mol. The first kappa shape index (κ1) is 18.7. The number of furan rings is 1. The third-order valence-electron chi connectivity index (χ3n) is 3.36. The minimum atomic E-state index is -0.356. The van der Waals surface area contributed by atoms with E-state index in [1.54, 1.807) is 30.3 Å². The lowest BCUT2D eigenvalue weighted by Crippen LogP contribution is -2.45. The lowest BCUT2D eigenvalue weighted by atomic mass is 10.1. The topological polar surface area (TPSA) is 71.3 Å². The maximum atomic E-state index is 13.7. The van der Waals surface area contributed by atoms with E-state index in [1.807, 2.05) is 20.8 Å². The fourth-order valence-corrected chi connectivity index (χ4v) is 2.28. The number of amides is 2. The van der Waals surface area contributed by atoms with Crippen LogP contribution in [-0.2, 0) is 16.0 Å². The summed E-state index contributed by atoms with van der Waals surface area (Å²) in [5, 5.41) is 5.34. The molecule has 2 amide bonds. The maximum Gasteiger partial charge on any atom is 0.239 e. The second-order valence-electron chi connectivity index (χ2n) is 6.82. The summed E-state index contributed by atoms with van der Waals surface area (Å²) in [5.74, 6) is 0.185. The molecule has 134 valence electrons. The molecule has 0 aliphatic heterocycles. The highest BCUT2D eigenvalue weighted by molar-refractivity contribution is 5.85. The van der Waals surface area contributed by atoms with Crippen molar-refractivity contribution < 1.29 is 18.4 Å². The van der Waals surface area contributed by atoms with Crippen LogP contribution in [0.25, 0.3) is 11.3 Å². The van der Waals surface area contributed by atoms with E-state index >= 15 is 0 Å². The molecule has 0 fully saturated rings. The van der Waals surface area contributed by atoms with E-state index < -0.39 is 0 Å². The van der Waals surface area contributed by atoms with Gasteiger partial charge in [-0.15, -0.1) is 0 Å². The van der Waals surface area contributed by atoms with E-state index in [4.69, 9.17) is 4.42 Å². The van der Waals surface area contributed by atoms with Gasteiger partial charge in [-0.25, -0.2) is 4.39 Å². The molecular weight excluding hydrogens is 323 g/mol. The molecule has 1 heterocycles. The third-order valence-corrected chi connectivity index (χ3v) is 3.36. The Morgan fingerprint density at radius 1 is 1.08 bits per heavy atom. The van der Waals surface area contributed by atoms with Crippen molar-refractivity contribution in [3.8, 4) is 11.3 Å². The minimum Gasteiger partial charge on any atom is -0.461 e. The molecule has 0 atom stereocenters. The number of aryl methyl sites for hydroxylation is 1. The second kappa shape index (κ2) is 7.96. The van der Waals surface area contributed by atoms with Crippen LogP contribution in [-0.4, -0.2) is 23.9 Å². The summed E-state index contributed by atoms with van der Waals surface area (Å²) in [5.41, 5.74) is 0.0519. The summed E-state index contributed by atoms with van der Waals surface area (Å²) in [6, 6.07) is 9.76. The smallest absolute Gasteiger partial charge is 0.239 e. The number of nitrogens with one attached hydrogen (secondary N) is 2. The van der Waals surface area contributed by atoms with E-state index in [0.29, 0.717) is 23.5 Å². The van der Waals surface area contributed by atoms with Gasteiger partial charge in [0.25, 0.3) is 0 Å². The second-order valence-corrected chi connectivity index (χ2v) is 6.82. The number of carbonyl (C=O) groups is 2. The van der Waals surface area contributed by atoms with Gasteiger partial charge in [-0.05, 0) is 45.0 Å². The summed E-state index contributed by atoms with van der Waals surface area (Å²) in [7, 11) is 0. The van der Waals surface area contributed by atoms with Crippen LogP contribution in [0, 0.1) is 5.82 Å². The van der Waals surface area contributed by atoms with Crippen molar-refractivity contribution in [2.75, 3.05) is 6.54 Å². The molecular formula is C19H23FN2O3. The minimum absolute atomic E-state index is 0.0608. The molecule has 0 spiro atoms. The Balaban J connectivity index is 1.81. The van der Waals surface area contributed by atoms with Gasteiger partial charge in [0, 0.05) is 18.4 Å². The predicted molar refractivity (Wildman–Crippen MR) is 93.3 cm³/mol. The molecule has 0 bridgehead atoms. The Bertz CT molecular complexity index is 747. The van der Waals surface area contributed by atoms with E-state index in [0.717, 1.165) is 0 Å². The van der Waals surface area contributed by atoms with E-state index in [2.05, 4.69) is 10.6 Å². The molecule has 6 heteroatoms. The van der Waals surface area contributed by atoms with Crippen LogP contribution < -0.4 is 10.6 Å². The molecule has 1 aromatic carbocycles. The summed E-state index contributed by atoms with van der Waals surface area (Å²) >= 11 is 0. The van der Waals surface area contributed by atoms with Gasteiger partial charge in [0.1, 0.15) is 17.3 Å². The zero-order chi connectivity index (χ0) is 18.4. The number of benzene rings is 1. The van der Waals surface area contributed by atoms with Gasteiger partial charge in [0.05, 0.1) is 12.1 Å². The fraction of sp³-hybridized carbons (Fsp3) is 0.368. The Hall–Kier alpha value is -2.63. The molecule has 2 aromatic rings. The fourth-order valence-electron chi connectivity index (χ4n) is 2.28. The van der Waals surface area contributed by atoms with Crippen molar-refractivity contribution in [1.82, 2.24) is 10.6 Å². The first-order valence-electron chi connectivity index (χ1n) is 8.16. The predicted octanol–water partition coefficient (Wildman–Crippen LogP) is 3.05. The van der Waals surface area contributed by atoms with Gasteiger partial charge in [-0.3, -0.25) is 9.59 Å². The zero-order valence-corrected chi connectivity index (χ0v) is 14.7. The van der Waals surface area contributed by atoms with E-state index in [9.17, 15) is 14.0 Å². The van der Waals surface area contributed by atoms with Gasteiger partial charge in [-0.2, -0.15) is 0 Å². The number of hydrogen-bond acceptors (Lipinski definition) is 3. The first-order chi connectivity index (χ1) is 11.7. The Kier molecular flexibility index (Phi) is 5.96. The number of carbonyl (C=O) groups excluding carboxylic acids is 2. The first-order valence-corrected chi connectivity index (χ1v) is 8.16. The number of hydrogen-bond donors (Lipinski definition) is 2. The van der Waals surface area contributed by atoms with Crippen LogP contribution in [0.1, 0.15) is 33.0 Å². The summed E-state index contributed by atoms with van der Waals surface area (Å²) in [6.45, 7) is 5.55. The van der Waals surface area contributed by atoms with Crippen LogP contribution in [0.2, 0.25) is 0 Å². The van der Waals surface area contributed by atoms with Gasteiger partial charge in [-0.1, -0.05) is 12.1 Å². The quantitative estimate of drug-likeness (QED) is 0.844. The number of rotatable bonds is 6. The summed E-state index contributed by atoms with van der Waals surface area (Å²) < 4.78 is 19.3. The van der Waals surface area contributed by atoms with Crippen LogP contribution >= 0.6 is 0 Å². The highest BCUT2D eigenvalue weighted by atomic mass is 19.1. The standard InChI is InChI=1S/C19H23FN2O3/c1-19(2,3)22-18(24)12-21-17(23)11-9-13-8-10-16(25-13)14-6-4-5-7-15(14)20/h4-8,10H,9,11-12H2,1-3H3,(H,21,23)(H,22,24). The molecule has 0 radical (unpaired) electrons. The zero-order valence-electron chi connectivity index (χ0n) is 14.7. The molecule has 25 heavy (non-hydrogen) atoms. The molecule has 0 aliphatic carbocycles. The van der Waals surface area contributed by atoms with Crippen molar-refractivity contribution in [1.29, 1.82) is 0 Å². The van der Waals surface area contributed by atoms with Crippen LogP contribution in [0.15, 0.2) is 40.8 Å². The Morgan fingerprint density at radius 3 is 2.48 bits per heavy atom. The van der Waals surface area contributed by atoms with Gasteiger partial charge >= 0.3 is 0 Å². The van der Waals surface area contributed by atoms with Crippen molar-refractivity contribution in [3.63, 3.8) is 0 Å². The van der Waals surface area contributed by atoms with Gasteiger partial charge in [0.15, 0.2) is 0 Å². The summed E-state index contributed by atoms with van der Waals surface area (Å²) in [4.78, 5) is 23.5. The largest absolute Gasteiger partial charge is 0.461 e. The lowest BCUT2D eigenvalue weighted by molar-refractivity contribution is -0.126. The van der Waals surface area contributed by atoms with E-state index in [-0.39, 0.29) is 36.1 Å². The molecule has 2 N–H and O–H groups in total. The molecule has 0 saturated carbocycles. The molecule has 0 unspecified atom stereocenters. The van der Waals surface area contributed by atoms with Gasteiger partial charge in [0.2, 0.25) is 11.8 Å². The lowest BCUT2D eigenvalue weighted by Gasteiger charge is -2.20. The molecule has 1 aromatic heterocycles. The average molecular weight is 346 g/mol. The molecule has 2 rings (SSSR count). The van der Waals surface area contributed by atoms with Crippen molar-refractivity contribution >= 4 is 11.8 Å². The highest BCUT2D eigenvalue weighted by Gasteiger charge is 2.15.